The van der Waals surface area contributed by atoms with Crippen LogP contribution in [0.1, 0.15) is 20.8 Å². The molecule has 1 unspecified atom stereocenters. The largest absolute Gasteiger partial charge is 1.00 e. The van der Waals surface area contributed by atoms with Crippen LogP contribution in [-0.2, 0) is 11.1 Å². The normalized spacial score (nSPS) is 13.8. The van der Waals surface area contributed by atoms with E-state index in [4.69, 9.17) is 0 Å². The SMILES string of the molecule is CC(C)(C)SCCS(=O)[O-].[Na+]. The van der Waals surface area contributed by atoms with Gasteiger partial charge in [-0.1, -0.05) is 31.9 Å². The Labute approximate surface area is 97.5 Å². The first-order valence-electron chi connectivity index (χ1n) is 3.11. The van der Waals surface area contributed by atoms with Gasteiger partial charge in [0.25, 0.3) is 0 Å². The van der Waals surface area contributed by atoms with Crippen molar-refractivity contribution in [2.75, 3.05) is 11.5 Å². The van der Waals surface area contributed by atoms with E-state index in [0.717, 1.165) is 0 Å². The number of hydrogen-bond donors (Lipinski definition) is 0. The Morgan fingerprint density at radius 2 is 1.91 bits per heavy atom. The zero-order valence-electron chi connectivity index (χ0n) is 7.55. The van der Waals surface area contributed by atoms with Gasteiger partial charge in [0.05, 0.1) is 0 Å². The van der Waals surface area contributed by atoms with E-state index in [0.29, 0.717) is 5.75 Å². The Hall–Kier alpha value is 1.46. The topological polar surface area (TPSA) is 40.1 Å². The molecule has 0 spiro atoms. The molecule has 0 heterocycles. The maximum atomic E-state index is 10.1. The summed E-state index contributed by atoms with van der Waals surface area (Å²) >= 11 is -0.202. The number of rotatable bonds is 3. The van der Waals surface area contributed by atoms with E-state index in [-0.39, 0.29) is 40.1 Å². The molecule has 0 aliphatic carbocycles. The van der Waals surface area contributed by atoms with Crippen molar-refractivity contribution < 1.29 is 38.3 Å². The maximum Gasteiger partial charge on any atom is 1.00 e. The summed E-state index contributed by atoms with van der Waals surface area (Å²) < 4.78 is 20.3. The molecule has 0 aliphatic rings. The van der Waals surface area contributed by atoms with Crippen LogP contribution in [0.25, 0.3) is 0 Å². The van der Waals surface area contributed by atoms with Crippen molar-refractivity contribution >= 4 is 22.8 Å². The molecule has 0 rings (SSSR count). The van der Waals surface area contributed by atoms with Gasteiger partial charge in [0.1, 0.15) is 0 Å². The molecule has 11 heavy (non-hydrogen) atoms. The summed E-state index contributed by atoms with van der Waals surface area (Å²) in [6.45, 7) is 6.22. The standard InChI is InChI=1S/C6H14O2S2.Na/c1-6(2,3)9-4-5-10(7)8;/h4-5H2,1-3H3,(H,7,8);/q;+1/p-1. The Bertz CT molecular complexity index is 122. The second kappa shape index (κ2) is 6.92. The smallest absolute Gasteiger partial charge is 0.772 e. The summed E-state index contributed by atoms with van der Waals surface area (Å²) in [7, 11) is 0. The van der Waals surface area contributed by atoms with Gasteiger partial charge in [-0.2, -0.15) is 11.8 Å². The minimum atomic E-state index is -1.87. The second-order valence-corrected chi connectivity index (χ2v) is 5.91. The minimum Gasteiger partial charge on any atom is -0.772 e. The van der Waals surface area contributed by atoms with Crippen LogP contribution in [0.2, 0.25) is 0 Å². The van der Waals surface area contributed by atoms with Gasteiger partial charge in [0.2, 0.25) is 0 Å². The molecule has 0 radical (unpaired) electrons. The Balaban J connectivity index is 0. The van der Waals surface area contributed by atoms with E-state index >= 15 is 0 Å². The number of hydrogen-bond acceptors (Lipinski definition) is 3. The average molecular weight is 204 g/mol. The summed E-state index contributed by atoms with van der Waals surface area (Å²) in [4.78, 5) is 0. The molecule has 0 saturated heterocycles. The molecule has 62 valence electrons. The van der Waals surface area contributed by atoms with E-state index in [1.165, 1.54) is 0 Å². The summed E-state index contributed by atoms with van der Waals surface area (Å²) in [5, 5.41) is 0. The van der Waals surface area contributed by atoms with Gasteiger partial charge in [0, 0.05) is 16.3 Å². The summed E-state index contributed by atoms with van der Waals surface area (Å²) in [6, 6.07) is 0. The van der Waals surface area contributed by atoms with Crippen molar-refractivity contribution in [3.63, 3.8) is 0 Å². The second-order valence-electron chi connectivity index (χ2n) is 2.97. The van der Waals surface area contributed by atoms with Crippen LogP contribution in [-0.4, -0.2) is 25.0 Å². The molecule has 0 aromatic rings. The predicted molar refractivity (Wildman–Crippen MR) is 46.0 cm³/mol. The van der Waals surface area contributed by atoms with E-state index < -0.39 is 11.1 Å². The van der Waals surface area contributed by atoms with Crippen LogP contribution < -0.4 is 29.6 Å². The molecule has 2 nitrogen and oxygen atoms in total. The van der Waals surface area contributed by atoms with Crippen LogP contribution in [0.3, 0.4) is 0 Å². The summed E-state index contributed by atoms with van der Waals surface area (Å²) in [5.41, 5.74) is 0. The van der Waals surface area contributed by atoms with Crippen molar-refractivity contribution in [2.24, 2.45) is 0 Å². The van der Waals surface area contributed by atoms with Crippen LogP contribution >= 0.6 is 11.8 Å². The van der Waals surface area contributed by atoms with Crippen molar-refractivity contribution in [3.8, 4) is 0 Å². The van der Waals surface area contributed by atoms with Gasteiger partial charge in [-0.25, -0.2) is 0 Å². The quantitative estimate of drug-likeness (QED) is 0.411. The monoisotopic (exact) mass is 204 g/mol. The van der Waals surface area contributed by atoms with Gasteiger partial charge in [-0.15, -0.1) is 0 Å². The molecule has 0 bridgehead atoms. The van der Waals surface area contributed by atoms with Crippen molar-refractivity contribution in [2.45, 2.75) is 25.5 Å². The maximum absolute atomic E-state index is 10.1. The van der Waals surface area contributed by atoms with Crippen LogP contribution in [0.4, 0.5) is 0 Å². The Morgan fingerprint density at radius 1 is 1.45 bits per heavy atom. The Morgan fingerprint density at radius 3 is 2.18 bits per heavy atom. The van der Waals surface area contributed by atoms with Crippen molar-refractivity contribution in [3.05, 3.63) is 0 Å². The molecule has 0 aliphatic heterocycles. The van der Waals surface area contributed by atoms with Crippen LogP contribution in [0.15, 0.2) is 0 Å². The van der Waals surface area contributed by atoms with Gasteiger partial charge >= 0.3 is 29.6 Å². The fourth-order valence-electron chi connectivity index (χ4n) is 0.416. The predicted octanol–water partition coefficient (Wildman–Crippen LogP) is -1.60. The fraction of sp³-hybridized carbons (Fsp3) is 1.00. The molecule has 0 saturated carbocycles. The van der Waals surface area contributed by atoms with Gasteiger partial charge in [-0.3, -0.25) is 4.21 Å². The first-order valence-corrected chi connectivity index (χ1v) is 5.34. The van der Waals surface area contributed by atoms with Crippen molar-refractivity contribution in [1.82, 2.24) is 0 Å². The van der Waals surface area contributed by atoms with Gasteiger partial charge in [-0.05, 0) is 0 Å². The van der Waals surface area contributed by atoms with Gasteiger partial charge < -0.3 is 4.55 Å². The fourth-order valence-corrected chi connectivity index (χ4v) is 1.91. The van der Waals surface area contributed by atoms with Crippen LogP contribution in [0.5, 0.6) is 0 Å². The first-order chi connectivity index (χ1) is 4.42. The van der Waals surface area contributed by atoms with E-state index in [1.807, 2.05) is 0 Å². The average Bonchev–Trinajstić information content (AvgIpc) is 1.59. The molecule has 0 amide bonds. The molecule has 0 fully saturated rings. The molecular formula is C6H13NaO2S2. The molecular weight excluding hydrogens is 191 g/mol. The van der Waals surface area contributed by atoms with Gasteiger partial charge in [0.15, 0.2) is 0 Å². The minimum absolute atomic E-state index is 0. The summed E-state index contributed by atoms with van der Waals surface area (Å²) in [6.07, 6.45) is 0. The number of thioether (sulfide) groups is 1. The first kappa shape index (κ1) is 15.0. The van der Waals surface area contributed by atoms with Crippen molar-refractivity contribution in [1.29, 1.82) is 0 Å². The molecule has 1 atom stereocenters. The zero-order chi connectivity index (χ0) is 8.20. The van der Waals surface area contributed by atoms with E-state index in [1.54, 1.807) is 11.8 Å². The molecule has 5 heteroatoms. The van der Waals surface area contributed by atoms with E-state index in [9.17, 15) is 8.76 Å². The Kier molecular flexibility index (Phi) is 9.41. The summed E-state index contributed by atoms with van der Waals surface area (Å²) in [5.74, 6) is 0.960. The third-order valence-corrected chi connectivity index (χ3v) is 2.86. The molecule has 0 aromatic heterocycles. The van der Waals surface area contributed by atoms with E-state index in [2.05, 4.69) is 20.8 Å². The third kappa shape index (κ3) is 14.3. The zero-order valence-corrected chi connectivity index (χ0v) is 11.2. The van der Waals surface area contributed by atoms with Crippen LogP contribution in [0, 0.1) is 0 Å². The molecule has 0 aromatic carbocycles. The molecule has 0 N–H and O–H groups in total. The third-order valence-electron chi connectivity index (χ3n) is 0.785.